The predicted molar refractivity (Wildman–Crippen MR) is 138 cm³/mol. The minimum atomic E-state index is -0.0603. The van der Waals surface area contributed by atoms with Gasteiger partial charge in [-0.15, -0.1) is 0 Å². The third kappa shape index (κ3) is 3.84. The van der Waals surface area contributed by atoms with Gasteiger partial charge in [-0.25, -0.2) is 0 Å². The van der Waals surface area contributed by atoms with E-state index in [1.165, 1.54) is 27.5 Å². The Kier molecular flexibility index (Phi) is 5.55. The molecule has 0 bridgehead atoms. The summed E-state index contributed by atoms with van der Waals surface area (Å²) in [6.07, 6.45) is 0.858. The Morgan fingerprint density at radius 1 is 1.00 bits per heavy atom. The Balaban J connectivity index is 1.27. The zero-order chi connectivity index (χ0) is 22.9. The third-order valence-electron chi connectivity index (χ3n) is 6.76. The number of rotatable bonds is 7. The topological polar surface area (TPSA) is 53.1 Å². The molecule has 0 radical (unpaired) electrons. The number of hydrogen-bond acceptors (Lipinski definition) is 2. The van der Waals surface area contributed by atoms with Gasteiger partial charge in [0.2, 0.25) is 0 Å². The Bertz CT molecular complexity index is 1410. The molecule has 3 aromatic carbocycles. The molecule has 0 spiro atoms. The lowest BCUT2D eigenvalue weighted by atomic mass is 10.1. The number of carbonyl (C=O) groups excluding carboxylic acids is 1. The number of benzene rings is 3. The SMILES string of the molecule is CCn1c2ccccc2c2cc(N(C)C(C)CCNC(=O)c3cc4ccccc4[nH]3)ccc21. The fourth-order valence-corrected chi connectivity index (χ4v) is 4.74. The molecule has 5 aromatic rings. The zero-order valence-electron chi connectivity index (χ0n) is 19.4. The highest BCUT2D eigenvalue weighted by molar-refractivity contribution is 6.09. The van der Waals surface area contributed by atoms with Crippen molar-refractivity contribution >= 4 is 44.3 Å². The normalized spacial score (nSPS) is 12.5. The van der Waals surface area contributed by atoms with Crippen molar-refractivity contribution in [1.29, 1.82) is 0 Å². The lowest BCUT2D eigenvalue weighted by molar-refractivity contribution is 0.0948. The molecule has 1 amide bonds. The van der Waals surface area contributed by atoms with Crippen LogP contribution in [-0.4, -0.2) is 35.1 Å². The Morgan fingerprint density at radius 2 is 1.76 bits per heavy atom. The van der Waals surface area contributed by atoms with E-state index in [-0.39, 0.29) is 11.9 Å². The van der Waals surface area contributed by atoms with E-state index in [1.54, 1.807) is 0 Å². The van der Waals surface area contributed by atoms with Gasteiger partial charge in [-0.3, -0.25) is 4.79 Å². The molecule has 5 nitrogen and oxygen atoms in total. The van der Waals surface area contributed by atoms with Gasteiger partial charge in [0.05, 0.1) is 0 Å². The van der Waals surface area contributed by atoms with Crippen molar-refractivity contribution in [1.82, 2.24) is 14.9 Å². The summed E-state index contributed by atoms with van der Waals surface area (Å²) in [6, 6.07) is 25.5. The van der Waals surface area contributed by atoms with Gasteiger partial charge in [-0.1, -0.05) is 36.4 Å². The maximum absolute atomic E-state index is 12.6. The quantitative estimate of drug-likeness (QED) is 0.330. The first kappa shape index (κ1) is 21.1. The van der Waals surface area contributed by atoms with Crippen molar-refractivity contribution in [2.45, 2.75) is 32.9 Å². The largest absolute Gasteiger partial charge is 0.372 e. The molecule has 0 fully saturated rings. The van der Waals surface area contributed by atoms with Gasteiger partial charge >= 0.3 is 0 Å². The number of nitrogens with zero attached hydrogens (tertiary/aromatic N) is 2. The lowest BCUT2D eigenvalue weighted by Gasteiger charge is -2.27. The summed E-state index contributed by atoms with van der Waals surface area (Å²) < 4.78 is 2.37. The second-order valence-electron chi connectivity index (χ2n) is 8.74. The highest BCUT2D eigenvalue weighted by atomic mass is 16.1. The molecule has 0 saturated heterocycles. The fraction of sp³-hybridized carbons (Fsp3) is 0.250. The van der Waals surface area contributed by atoms with Gasteiger partial charge in [-0.05, 0) is 56.7 Å². The maximum atomic E-state index is 12.6. The van der Waals surface area contributed by atoms with E-state index < -0.39 is 0 Å². The minimum absolute atomic E-state index is 0.0603. The molecular formula is C28H30N4O. The number of anilines is 1. The van der Waals surface area contributed by atoms with Crippen molar-refractivity contribution in [2.75, 3.05) is 18.5 Å². The molecule has 0 aliphatic heterocycles. The van der Waals surface area contributed by atoms with Crippen LogP contribution in [0.1, 0.15) is 30.8 Å². The van der Waals surface area contributed by atoms with Crippen LogP contribution in [0.15, 0.2) is 72.8 Å². The number of hydrogen-bond donors (Lipinski definition) is 2. The number of carbonyl (C=O) groups is 1. The summed E-state index contributed by atoms with van der Waals surface area (Å²) >= 11 is 0. The molecule has 1 unspecified atom stereocenters. The summed E-state index contributed by atoms with van der Waals surface area (Å²) in [6.45, 7) is 5.97. The van der Waals surface area contributed by atoms with Crippen molar-refractivity contribution in [3.63, 3.8) is 0 Å². The molecule has 0 aliphatic carbocycles. The highest BCUT2D eigenvalue weighted by Crippen LogP contribution is 2.32. The van der Waals surface area contributed by atoms with Gasteiger partial charge in [0, 0.05) is 64.6 Å². The summed E-state index contributed by atoms with van der Waals surface area (Å²) in [7, 11) is 2.13. The van der Waals surface area contributed by atoms with Gasteiger partial charge in [0.15, 0.2) is 0 Å². The van der Waals surface area contributed by atoms with Crippen LogP contribution in [0.4, 0.5) is 5.69 Å². The van der Waals surface area contributed by atoms with Crippen molar-refractivity contribution in [2.24, 2.45) is 0 Å². The van der Waals surface area contributed by atoms with Crippen LogP contribution in [0.2, 0.25) is 0 Å². The first-order valence-electron chi connectivity index (χ1n) is 11.7. The van der Waals surface area contributed by atoms with Crippen molar-refractivity contribution in [3.8, 4) is 0 Å². The van der Waals surface area contributed by atoms with Crippen LogP contribution in [0, 0.1) is 0 Å². The molecular weight excluding hydrogens is 408 g/mol. The van der Waals surface area contributed by atoms with E-state index in [0.29, 0.717) is 12.2 Å². The zero-order valence-corrected chi connectivity index (χ0v) is 19.4. The average molecular weight is 439 g/mol. The highest BCUT2D eigenvalue weighted by Gasteiger charge is 2.15. The second kappa shape index (κ2) is 8.66. The van der Waals surface area contributed by atoms with Gasteiger partial charge in [0.25, 0.3) is 5.91 Å². The molecule has 2 N–H and O–H groups in total. The van der Waals surface area contributed by atoms with E-state index in [9.17, 15) is 4.79 Å². The lowest BCUT2D eigenvalue weighted by Crippen LogP contribution is -2.34. The summed E-state index contributed by atoms with van der Waals surface area (Å²) in [4.78, 5) is 18.1. The van der Waals surface area contributed by atoms with Gasteiger partial charge in [0.1, 0.15) is 5.69 Å². The molecule has 2 aromatic heterocycles. The van der Waals surface area contributed by atoms with Crippen LogP contribution < -0.4 is 10.2 Å². The van der Waals surface area contributed by atoms with Crippen LogP contribution in [0.5, 0.6) is 0 Å². The number of para-hydroxylation sites is 2. The van der Waals surface area contributed by atoms with Gasteiger partial charge in [-0.2, -0.15) is 0 Å². The number of aryl methyl sites for hydroxylation is 1. The molecule has 33 heavy (non-hydrogen) atoms. The standard InChI is InChI=1S/C28H30N4O/c1-4-32-26-12-8-6-10-22(26)23-18-21(13-14-27(23)32)31(3)19(2)15-16-29-28(33)25-17-20-9-5-7-11-24(20)30-25/h5-14,17-19,30H,4,15-16H2,1-3H3,(H,29,33). The van der Waals surface area contributed by atoms with Crippen LogP contribution in [-0.2, 0) is 6.54 Å². The van der Waals surface area contributed by atoms with E-state index in [2.05, 4.69) is 83.1 Å². The van der Waals surface area contributed by atoms with Crippen LogP contribution in [0.3, 0.4) is 0 Å². The van der Waals surface area contributed by atoms with E-state index in [0.717, 1.165) is 23.9 Å². The minimum Gasteiger partial charge on any atom is -0.372 e. The monoisotopic (exact) mass is 438 g/mol. The molecule has 5 heteroatoms. The maximum Gasteiger partial charge on any atom is 0.267 e. The van der Waals surface area contributed by atoms with E-state index in [1.807, 2.05) is 30.3 Å². The summed E-state index contributed by atoms with van der Waals surface area (Å²) in [5, 5.41) is 6.70. The first-order valence-corrected chi connectivity index (χ1v) is 11.7. The van der Waals surface area contributed by atoms with E-state index >= 15 is 0 Å². The number of aromatic nitrogens is 2. The summed E-state index contributed by atoms with van der Waals surface area (Å²) in [5.41, 5.74) is 5.33. The molecule has 1 atom stereocenters. The number of nitrogens with one attached hydrogen (secondary N) is 2. The Hall–Kier alpha value is -3.73. The number of H-pyrrole nitrogens is 1. The molecule has 2 heterocycles. The predicted octanol–water partition coefficient (Wildman–Crippen LogP) is 5.94. The second-order valence-corrected chi connectivity index (χ2v) is 8.74. The number of aromatic amines is 1. The van der Waals surface area contributed by atoms with E-state index in [4.69, 9.17) is 0 Å². The van der Waals surface area contributed by atoms with Crippen molar-refractivity contribution < 1.29 is 4.79 Å². The smallest absolute Gasteiger partial charge is 0.267 e. The molecule has 5 rings (SSSR count). The van der Waals surface area contributed by atoms with Crippen molar-refractivity contribution in [3.05, 3.63) is 78.5 Å². The first-order chi connectivity index (χ1) is 16.1. The Labute approximate surface area is 194 Å². The summed E-state index contributed by atoms with van der Waals surface area (Å²) in [5.74, 6) is -0.0603. The molecule has 0 aliphatic rings. The third-order valence-corrected chi connectivity index (χ3v) is 6.76. The average Bonchev–Trinajstić information content (AvgIpc) is 3.42. The Morgan fingerprint density at radius 3 is 2.58 bits per heavy atom. The fourth-order valence-electron chi connectivity index (χ4n) is 4.74. The van der Waals surface area contributed by atoms with Crippen LogP contribution >= 0.6 is 0 Å². The number of amides is 1. The van der Waals surface area contributed by atoms with Crippen LogP contribution in [0.25, 0.3) is 32.7 Å². The van der Waals surface area contributed by atoms with Gasteiger partial charge < -0.3 is 19.8 Å². The number of fused-ring (bicyclic) bond motifs is 4. The molecule has 168 valence electrons. The molecule has 0 saturated carbocycles.